The summed E-state index contributed by atoms with van der Waals surface area (Å²) in [5.74, 6) is 1.98. The molecule has 16 rings (SSSR count). The molecule has 0 saturated carbocycles. The van der Waals surface area contributed by atoms with Crippen LogP contribution in [0.25, 0.3) is 142 Å². The highest BCUT2D eigenvalue weighted by molar-refractivity contribution is 9.10. The van der Waals surface area contributed by atoms with Crippen LogP contribution in [-0.4, -0.2) is 36.3 Å². The average molecular weight is 1090 g/mol. The normalized spacial score (nSPS) is 11.6. The maximum Gasteiger partial charge on any atom is 0.489 e. The number of aromatic nitrogens is 4. The van der Waals surface area contributed by atoms with E-state index in [1.54, 1.807) is 0 Å². The molecule has 0 aliphatic carbocycles. The van der Waals surface area contributed by atoms with Gasteiger partial charge in [0.05, 0.1) is 22.1 Å². The van der Waals surface area contributed by atoms with Gasteiger partial charge in [0.15, 0.2) is 0 Å². The molecule has 80 heavy (non-hydrogen) atoms. The van der Waals surface area contributed by atoms with Gasteiger partial charge in [0.25, 0.3) is 0 Å². The van der Waals surface area contributed by atoms with Gasteiger partial charge in [-0.1, -0.05) is 234 Å². The highest BCUT2D eigenvalue weighted by atomic mass is 79.9. The maximum absolute atomic E-state index is 9.92. The molecular formula is C72H50BBrN4O2. The van der Waals surface area contributed by atoms with Gasteiger partial charge in [-0.2, -0.15) is 0 Å². The zero-order valence-electron chi connectivity index (χ0n) is 43.9. The summed E-state index contributed by atoms with van der Waals surface area (Å²) < 4.78 is 5.37. The molecule has 2 heterocycles. The van der Waals surface area contributed by atoms with Crippen LogP contribution >= 0.6 is 15.9 Å². The van der Waals surface area contributed by atoms with E-state index in [-0.39, 0.29) is 0 Å². The third kappa shape index (κ3) is 8.27. The summed E-state index contributed by atoms with van der Waals surface area (Å²) in [6.07, 6.45) is 0. The fraction of sp³-hybridized carbons (Fsp3) is 0.0278. The Bertz CT molecular complexity index is 5090. The number of aryl methyl sites for hydroxylation is 2. The van der Waals surface area contributed by atoms with E-state index in [9.17, 15) is 10.0 Å². The van der Waals surface area contributed by atoms with E-state index in [2.05, 4.69) is 219 Å². The second kappa shape index (κ2) is 20.1. The molecule has 0 spiro atoms. The molecule has 0 unspecified atom stereocenters. The van der Waals surface area contributed by atoms with E-state index in [1.165, 1.54) is 70.4 Å². The first-order valence-corrected chi connectivity index (χ1v) is 27.6. The van der Waals surface area contributed by atoms with Crippen LogP contribution in [0.4, 0.5) is 0 Å². The van der Waals surface area contributed by atoms with Crippen molar-refractivity contribution in [2.75, 3.05) is 0 Å². The lowest BCUT2D eigenvalue weighted by atomic mass is 9.75. The molecule has 0 atom stereocenters. The van der Waals surface area contributed by atoms with Crippen molar-refractivity contribution in [1.29, 1.82) is 0 Å². The Morgan fingerprint density at radius 1 is 0.325 bits per heavy atom. The van der Waals surface area contributed by atoms with Gasteiger partial charge in [0, 0.05) is 29.7 Å². The summed E-state index contributed by atoms with van der Waals surface area (Å²) >= 11 is 3.47. The van der Waals surface area contributed by atoms with Gasteiger partial charge >= 0.3 is 7.12 Å². The van der Waals surface area contributed by atoms with Crippen LogP contribution in [0.3, 0.4) is 0 Å². The molecule has 16 aromatic rings. The highest BCUT2D eigenvalue weighted by Gasteiger charge is 2.21. The van der Waals surface area contributed by atoms with Crippen LogP contribution in [0, 0.1) is 0 Å². The van der Waals surface area contributed by atoms with Crippen LogP contribution in [0.5, 0.6) is 0 Å². The SMILES string of the molecule is Cn1c(-c2ccccc2)nc2cc(-c3cc4c5ccccc5c5ccccc5c4c4ccccc34)ccc21.Cn1c(-c2ccccc2)nc2cc(Br)ccc21.OB(O)c1cc2c3ccccc3c3ccccc3c2c2ccccc12. The summed E-state index contributed by atoms with van der Waals surface area (Å²) in [6.45, 7) is 0. The molecule has 8 heteroatoms. The van der Waals surface area contributed by atoms with Crippen LogP contribution in [0.15, 0.2) is 259 Å². The van der Waals surface area contributed by atoms with Crippen molar-refractivity contribution in [2.24, 2.45) is 14.1 Å². The molecule has 2 N–H and O–H groups in total. The fourth-order valence-electron chi connectivity index (χ4n) is 12.2. The van der Waals surface area contributed by atoms with Crippen molar-refractivity contribution >= 4 is 137 Å². The minimum absolute atomic E-state index is 0.545. The van der Waals surface area contributed by atoms with Crippen molar-refractivity contribution in [3.63, 3.8) is 0 Å². The van der Waals surface area contributed by atoms with Crippen molar-refractivity contribution < 1.29 is 10.0 Å². The number of nitrogens with zero attached hydrogens (tertiary/aromatic N) is 4. The van der Waals surface area contributed by atoms with Crippen LogP contribution in [0.2, 0.25) is 0 Å². The summed E-state index contributed by atoms with van der Waals surface area (Å²) in [4.78, 5) is 9.74. The maximum atomic E-state index is 9.92. The fourth-order valence-corrected chi connectivity index (χ4v) is 12.6. The number of hydrogen-bond acceptors (Lipinski definition) is 4. The Labute approximate surface area is 470 Å². The number of rotatable bonds is 4. The van der Waals surface area contributed by atoms with Gasteiger partial charge < -0.3 is 19.2 Å². The van der Waals surface area contributed by atoms with E-state index in [4.69, 9.17) is 4.98 Å². The van der Waals surface area contributed by atoms with Gasteiger partial charge in [-0.15, -0.1) is 0 Å². The molecule has 380 valence electrons. The smallest absolute Gasteiger partial charge is 0.423 e. The minimum atomic E-state index is -1.50. The highest BCUT2D eigenvalue weighted by Crippen LogP contribution is 2.44. The molecule has 0 saturated heterocycles. The summed E-state index contributed by atoms with van der Waals surface area (Å²) in [5.41, 5.74) is 9.54. The average Bonchev–Trinajstić information content (AvgIpc) is 4.12. The van der Waals surface area contributed by atoms with Gasteiger partial charge in [0.2, 0.25) is 0 Å². The lowest BCUT2D eigenvalue weighted by molar-refractivity contribution is 0.426. The van der Waals surface area contributed by atoms with Gasteiger partial charge in [0.1, 0.15) is 11.6 Å². The Morgan fingerprint density at radius 2 is 0.675 bits per heavy atom. The second-order valence-electron chi connectivity index (χ2n) is 20.4. The topological polar surface area (TPSA) is 76.1 Å². The van der Waals surface area contributed by atoms with Crippen molar-refractivity contribution in [3.8, 4) is 33.9 Å². The lowest BCUT2D eigenvalue weighted by Crippen LogP contribution is -2.30. The third-order valence-electron chi connectivity index (χ3n) is 15.9. The van der Waals surface area contributed by atoms with E-state index >= 15 is 0 Å². The monoisotopic (exact) mass is 1090 g/mol. The lowest BCUT2D eigenvalue weighted by Gasteiger charge is -2.16. The van der Waals surface area contributed by atoms with E-state index in [0.717, 1.165) is 76.2 Å². The Morgan fingerprint density at radius 3 is 1.15 bits per heavy atom. The van der Waals surface area contributed by atoms with Crippen LogP contribution in [0.1, 0.15) is 0 Å². The first-order chi connectivity index (χ1) is 39.3. The molecule has 6 nitrogen and oxygen atoms in total. The van der Waals surface area contributed by atoms with Crippen molar-refractivity contribution in [1.82, 2.24) is 19.1 Å². The minimum Gasteiger partial charge on any atom is -0.423 e. The van der Waals surface area contributed by atoms with Gasteiger partial charge in [-0.25, -0.2) is 9.97 Å². The molecule has 0 aliphatic rings. The number of halogens is 1. The number of imidazole rings is 2. The number of benzene rings is 14. The Balaban J connectivity index is 0.000000118. The molecule has 2 aromatic heterocycles. The largest absolute Gasteiger partial charge is 0.489 e. The first-order valence-electron chi connectivity index (χ1n) is 26.8. The predicted octanol–water partition coefficient (Wildman–Crippen LogP) is 17.5. The van der Waals surface area contributed by atoms with Gasteiger partial charge in [-0.05, 0) is 139 Å². The molecule has 14 aromatic carbocycles. The Hall–Kier alpha value is -9.44. The molecule has 0 fully saturated rings. The quantitative estimate of drug-likeness (QED) is 0.136. The van der Waals surface area contributed by atoms with E-state index < -0.39 is 7.12 Å². The van der Waals surface area contributed by atoms with Crippen LogP contribution < -0.4 is 5.46 Å². The predicted molar refractivity (Wildman–Crippen MR) is 342 cm³/mol. The molecule has 0 radical (unpaired) electrons. The summed E-state index contributed by atoms with van der Waals surface area (Å²) in [5, 5.41) is 39.0. The van der Waals surface area contributed by atoms with Gasteiger partial charge in [-0.3, -0.25) is 0 Å². The molecule has 0 amide bonds. The third-order valence-corrected chi connectivity index (χ3v) is 16.4. The summed E-state index contributed by atoms with van der Waals surface area (Å²) in [6, 6.07) is 89.0. The van der Waals surface area contributed by atoms with Crippen molar-refractivity contribution in [2.45, 2.75) is 0 Å². The molecule has 0 aliphatic heterocycles. The molecule has 0 bridgehead atoms. The zero-order chi connectivity index (χ0) is 54.0. The summed E-state index contributed by atoms with van der Waals surface area (Å²) in [7, 11) is 2.64. The van der Waals surface area contributed by atoms with E-state index in [0.29, 0.717) is 5.46 Å². The Kier molecular flexibility index (Phi) is 12.3. The number of fused-ring (bicyclic) bond motifs is 18. The number of hydrogen-bond donors (Lipinski definition) is 2. The standard InChI is InChI=1S/C36H24N2.C22H15BO2.C14H11BrN2/c1-38-34-20-19-24(21-33(34)37-36(38)23-11-3-2-4-12-23)31-22-32-27-15-6-5-13-25(27)26-14-7-9-17-29(26)35(32)30-18-10-8-16-28(30)31;24-23(25)21-13-20-16-9-2-1-7-14(16)15-8-3-5-11-18(15)22(20)19-12-6-4-10-17(19)21;1-17-13-8-7-11(15)9-12(13)16-14(17)10-5-3-2-4-6-10/h2-22H,1H3;1-13,24-25H;2-9H,1H3. The first kappa shape index (κ1) is 48.9. The molecular weight excluding hydrogens is 1040 g/mol. The van der Waals surface area contributed by atoms with Crippen molar-refractivity contribution in [3.05, 3.63) is 259 Å². The zero-order valence-corrected chi connectivity index (χ0v) is 45.5. The second-order valence-corrected chi connectivity index (χ2v) is 21.4. The van der Waals surface area contributed by atoms with Crippen LogP contribution in [-0.2, 0) is 14.1 Å². The van der Waals surface area contributed by atoms with E-state index in [1.807, 2.05) is 79.8 Å².